The maximum atomic E-state index is 12.3. The molecule has 0 unspecified atom stereocenters. The van der Waals surface area contributed by atoms with Crippen molar-refractivity contribution in [3.05, 3.63) is 44.4 Å². The number of aromatic nitrogens is 1. The van der Waals surface area contributed by atoms with Crippen LogP contribution in [0.3, 0.4) is 0 Å². The maximum absolute atomic E-state index is 12.3. The first-order valence-electron chi connectivity index (χ1n) is 7.82. The minimum Gasteiger partial charge on any atom is -0.378 e. The molecule has 1 aromatic heterocycles. The largest absolute Gasteiger partial charge is 0.378 e. The van der Waals surface area contributed by atoms with E-state index in [0.717, 1.165) is 18.2 Å². The number of amides is 1. The van der Waals surface area contributed by atoms with Crippen molar-refractivity contribution in [1.29, 1.82) is 0 Å². The highest BCUT2D eigenvalue weighted by Gasteiger charge is 2.22. The van der Waals surface area contributed by atoms with Crippen molar-refractivity contribution in [2.24, 2.45) is 0 Å². The van der Waals surface area contributed by atoms with Crippen LogP contribution in [0, 0.1) is 10.1 Å². The van der Waals surface area contributed by atoms with Crippen LogP contribution in [0.25, 0.3) is 0 Å². The molecule has 28 heavy (non-hydrogen) atoms. The molecule has 150 valence electrons. The molecule has 1 aliphatic rings. The van der Waals surface area contributed by atoms with Crippen LogP contribution in [0.2, 0.25) is 5.02 Å². The molecule has 0 bridgehead atoms. The second-order valence-electron chi connectivity index (χ2n) is 5.54. The highest BCUT2D eigenvalue weighted by molar-refractivity contribution is 7.89. The number of nitrogens with one attached hydrogen (secondary N) is 2. The van der Waals surface area contributed by atoms with E-state index in [1.165, 1.54) is 16.7 Å². The number of rotatable bonds is 6. The highest BCUT2D eigenvalue weighted by Crippen LogP contribution is 2.27. The van der Waals surface area contributed by atoms with E-state index in [-0.39, 0.29) is 10.7 Å². The van der Waals surface area contributed by atoms with Gasteiger partial charge in [0, 0.05) is 24.5 Å². The van der Waals surface area contributed by atoms with Gasteiger partial charge in [0.1, 0.15) is 10.7 Å². The van der Waals surface area contributed by atoms with E-state index in [4.69, 9.17) is 16.3 Å². The van der Waals surface area contributed by atoms with Gasteiger partial charge in [-0.05, 0) is 12.1 Å². The number of sulfonamides is 1. The molecule has 2 heterocycles. The molecule has 11 nitrogen and oxygen atoms in total. The monoisotopic (exact) mass is 447 g/mol. The summed E-state index contributed by atoms with van der Waals surface area (Å²) in [6.07, 6.45) is 0. The molecule has 1 aliphatic heterocycles. The molecule has 1 fully saturated rings. The number of nitrogens with zero attached hydrogens (tertiary/aromatic N) is 3. The third kappa shape index (κ3) is 4.56. The van der Waals surface area contributed by atoms with Crippen molar-refractivity contribution in [3.8, 4) is 0 Å². The lowest BCUT2D eigenvalue weighted by Crippen LogP contribution is -2.41. The number of hydrogen-bond donors (Lipinski definition) is 2. The predicted octanol–water partition coefficient (Wildman–Crippen LogP) is 1.16. The SMILES string of the molecule is O=C(NNS(=O)(=O)c1ccc(Cl)c([N+](=O)[O-])c1)c1csc(N2CCOCC2)n1. The van der Waals surface area contributed by atoms with Gasteiger partial charge in [0.2, 0.25) is 0 Å². The number of anilines is 1. The Morgan fingerprint density at radius 2 is 2.07 bits per heavy atom. The van der Waals surface area contributed by atoms with Gasteiger partial charge in [-0.2, -0.15) is 0 Å². The Kier molecular flexibility index (Phi) is 6.10. The number of carbonyl (C=O) groups is 1. The Balaban J connectivity index is 1.67. The Labute approximate surface area is 168 Å². The quantitative estimate of drug-likeness (QED) is 0.496. The van der Waals surface area contributed by atoms with Crippen molar-refractivity contribution in [1.82, 2.24) is 15.2 Å². The molecule has 0 saturated carbocycles. The van der Waals surface area contributed by atoms with E-state index in [2.05, 4.69) is 4.98 Å². The molecule has 0 radical (unpaired) electrons. The summed E-state index contributed by atoms with van der Waals surface area (Å²) < 4.78 is 29.8. The number of ether oxygens (including phenoxy) is 1. The molecule has 14 heteroatoms. The average molecular weight is 448 g/mol. The summed E-state index contributed by atoms with van der Waals surface area (Å²) in [5.74, 6) is -0.761. The first-order chi connectivity index (χ1) is 13.3. The molecule has 2 N–H and O–H groups in total. The zero-order chi connectivity index (χ0) is 20.3. The van der Waals surface area contributed by atoms with Crippen LogP contribution < -0.4 is 15.2 Å². The number of nitro groups is 1. The molecule has 3 rings (SSSR count). The topological polar surface area (TPSA) is 144 Å². The number of halogens is 1. The second kappa shape index (κ2) is 8.36. The van der Waals surface area contributed by atoms with Crippen molar-refractivity contribution in [2.45, 2.75) is 4.90 Å². The molecular formula is C14H14ClN5O6S2. The molecule has 0 spiro atoms. The van der Waals surface area contributed by atoms with Crippen molar-refractivity contribution in [3.63, 3.8) is 0 Å². The number of hydrogen-bond acceptors (Lipinski definition) is 9. The van der Waals surface area contributed by atoms with Crippen LogP contribution >= 0.6 is 22.9 Å². The lowest BCUT2D eigenvalue weighted by Gasteiger charge is -2.25. The molecule has 0 aliphatic carbocycles. The number of nitro benzene ring substituents is 1. The molecular weight excluding hydrogens is 434 g/mol. The summed E-state index contributed by atoms with van der Waals surface area (Å²) in [5.41, 5.74) is 1.51. The summed E-state index contributed by atoms with van der Waals surface area (Å²) >= 11 is 6.92. The third-order valence-corrected chi connectivity index (χ3v) is 6.20. The van der Waals surface area contributed by atoms with Crippen LogP contribution in [0.5, 0.6) is 0 Å². The summed E-state index contributed by atoms with van der Waals surface area (Å²) in [4.78, 5) is 29.9. The Hall–Kier alpha value is -2.32. The highest BCUT2D eigenvalue weighted by atomic mass is 35.5. The van der Waals surface area contributed by atoms with Crippen LogP contribution in [-0.4, -0.2) is 50.5 Å². The molecule has 2 aromatic rings. The maximum Gasteiger partial charge on any atom is 0.289 e. The average Bonchev–Trinajstić information content (AvgIpc) is 3.17. The summed E-state index contributed by atoms with van der Waals surface area (Å²) in [5, 5.41) is 12.8. The van der Waals surface area contributed by atoms with Crippen molar-refractivity contribution >= 4 is 49.7 Å². The number of thiazole rings is 1. The smallest absolute Gasteiger partial charge is 0.289 e. The van der Waals surface area contributed by atoms with Gasteiger partial charge in [0.25, 0.3) is 21.6 Å². The number of benzene rings is 1. The van der Waals surface area contributed by atoms with Crippen LogP contribution in [0.1, 0.15) is 10.5 Å². The molecule has 1 amide bonds. The van der Waals surface area contributed by atoms with Gasteiger partial charge < -0.3 is 9.64 Å². The fourth-order valence-electron chi connectivity index (χ4n) is 2.30. The van der Waals surface area contributed by atoms with E-state index in [0.29, 0.717) is 31.4 Å². The number of hydrazine groups is 1. The molecule has 0 atom stereocenters. The first-order valence-corrected chi connectivity index (χ1v) is 10.6. The number of morpholine rings is 1. The normalized spacial score (nSPS) is 14.7. The van der Waals surface area contributed by atoms with Gasteiger partial charge >= 0.3 is 0 Å². The zero-order valence-electron chi connectivity index (χ0n) is 14.1. The predicted molar refractivity (Wildman–Crippen MR) is 101 cm³/mol. The van der Waals surface area contributed by atoms with E-state index in [9.17, 15) is 23.3 Å². The van der Waals surface area contributed by atoms with Crippen LogP contribution in [-0.2, 0) is 14.8 Å². The lowest BCUT2D eigenvalue weighted by atomic mass is 10.3. The fourth-order valence-corrected chi connectivity index (χ4v) is 4.21. The van der Waals surface area contributed by atoms with E-state index in [1.807, 2.05) is 15.2 Å². The second-order valence-corrected chi connectivity index (χ2v) is 8.47. The lowest BCUT2D eigenvalue weighted by molar-refractivity contribution is -0.384. The van der Waals surface area contributed by atoms with Crippen LogP contribution in [0.15, 0.2) is 28.5 Å². The Bertz CT molecular complexity index is 1010. The van der Waals surface area contributed by atoms with Crippen molar-refractivity contribution in [2.75, 3.05) is 31.2 Å². The van der Waals surface area contributed by atoms with E-state index in [1.54, 1.807) is 0 Å². The number of carbonyl (C=O) groups excluding carboxylic acids is 1. The summed E-state index contributed by atoms with van der Waals surface area (Å²) in [7, 11) is -4.25. The van der Waals surface area contributed by atoms with E-state index < -0.39 is 31.4 Å². The standard InChI is InChI=1S/C14H14ClN5O6S2/c15-10-2-1-9(7-12(10)20(22)23)28(24,25)18-17-13(21)11-8-27-14(16-11)19-3-5-26-6-4-19/h1-2,7-8,18H,3-6H2,(H,17,21). The van der Waals surface area contributed by atoms with E-state index >= 15 is 0 Å². The zero-order valence-corrected chi connectivity index (χ0v) is 16.5. The Morgan fingerprint density at radius 1 is 1.36 bits per heavy atom. The van der Waals surface area contributed by atoms with Gasteiger partial charge in [-0.15, -0.1) is 16.2 Å². The third-order valence-electron chi connectivity index (χ3n) is 3.73. The summed E-state index contributed by atoms with van der Waals surface area (Å²) in [6, 6.07) is 2.98. The van der Waals surface area contributed by atoms with Gasteiger partial charge in [-0.25, -0.2) is 13.4 Å². The van der Waals surface area contributed by atoms with Gasteiger partial charge in [0.05, 0.1) is 23.0 Å². The summed E-state index contributed by atoms with van der Waals surface area (Å²) in [6.45, 7) is 2.43. The van der Waals surface area contributed by atoms with Crippen LogP contribution in [0.4, 0.5) is 10.8 Å². The molecule has 1 aromatic carbocycles. The van der Waals surface area contributed by atoms with Crippen molar-refractivity contribution < 1.29 is 22.9 Å². The minimum absolute atomic E-state index is 0.0382. The first kappa shape index (κ1) is 20.4. The molecule has 1 saturated heterocycles. The van der Waals surface area contributed by atoms with Gasteiger partial charge in [-0.1, -0.05) is 11.6 Å². The van der Waals surface area contributed by atoms with Gasteiger partial charge in [0.15, 0.2) is 5.13 Å². The Morgan fingerprint density at radius 3 is 2.75 bits per heavy atom. The minimum atomic E-state index is -4.25. The fraction of sp³-hybridized carbons (Fsp3) is 0.286. The van der Waals surface area contributed by atoms with Gasteiger partial charge in [-0.3, -0.25) is 20.3 Å².